The second kappa shape index (κ2) is 9.48. The van der Waals surface area contributed by atoms with Crippen molar-refractivity contribution in [3.05, 3.63) is 53.6 Å². The van der Waals surface area contributed by atoms with E-state index in [0.717, 1.165) is 62.6 Å². The molecule has 0 radical (unpaired) electrons. The average Bonchev–Trinajstić information content (AvgIpc) is 3.22. The lowest BCUT2D eigenvalue weighted by Crippen LogP contribution is -2.53. The molecular weight excluding hydrogens is 368 g/mol. The fraction of sp³-hybridized carbons (Fsp3) is 0.478. The SMILES string of the molecule is COc1cc(CN2CCN(CCc3ccccc3)[C@H](CCO)C2)cc2c1OCO2. The molecule has 0 aromatic heterocycles. The van der Waals surface area contributed by atoms with Gasteiger partial charge in [-0.15, -0.1) is 0 Å². The molecule has 1 N–H and O–H groups in total. The number of rotatable bonds is 8. The van der Waals surface area contributed by atoms with Crippen molar-refractivity contribution in [2.45, 2.75) is 25.4 Å². The number of ether oxygens (including phenoxy) is 3. The van der Waals surface area contributed by atoms with Gasteiger partial charge >= 0.3 is 0 Å². The van der Waals surface area contributed by atoms with Crippen molar-refractivity contribution in [3.8, 4) is 17.2 Å². The fourth-order valence-electron chi connectivity index (χ4n) is 4.27. The summed E-state index contributed by atoms with van der Waals surface area (Å²) in [7, 11) is 1.66. The standard InChI is InChI=1S/C23H30N2O4/c1-27-21-13-19(14-22-23(21)29-17-28-22)15-24-10-11-25(20(16-24)8-12-26)9-7-18-5-3-2-4-6-18/h2-6,13-14,20,26H,7-12,15-17H2,1H3/t20-/m1/s1. The number of aliphatic hydroxyl groups is 1. The van der Waals surface area contributed by atoms with Crippen LogP contribution >= 0.6 is 0 Å². The molecule has 6 nitrogen and oxygen atoms in total. The van der Waals surface area contributed by atoms with Crippen LogP contribution in [0.2, 0.25) is 0 Å². The Labute approximate surface area is 172 Å². The molecule has 0 amide bonds. The largest absolute Gasteiger partial charge is 0.493 e. The lowest BCUT2D eigenvalue weighted by Gasteiger charge is -2.41. The average molecular weight is 399 g/mol. The molecule has 156 valence electrons. The monoisotopic (exact) mass is 398 g/mol. The van der Waals surface area contributed by atoms with E-state index >= 15 is 0 Å². The van der Waals surface area contributed by atoms with Crippen LogP contribution in [0.5, 0.6) is 17.2 Å². The van der Waals surface area contributed by atoms with Crippen LogP contribution in [-0.2, 0) is 13.0 Å². The summed E-state index contributed by atoms with van der Waals surface area (Å²) >= 11 is 0. The number of methoxy groups -OCH3 is 1. The van der Waals surface area contributed by atoms with E-state index in [1.165, 1.54) is 5.56 Å². The Morgan fingerprint density at radius 3 is 2.76 bits per heavy atom. The molecule has 1 fully saturated rings. The maximum atomic E-state index is 9.58. The van der Waals surface area contributed by atoms with Crippen molar-refractivity contribution in [2.24, 2.45) is 0 Å². The summed E-state index contributed by atoms with van der Waals surface area (Å²) < 4.78 is 16.5. The summed E-state index contributed by atoms with van der Waals surface area (Å²) in [5.74, 6) is 2.18. The zero-order valence-electron chi connectivity index (χ0n) is 17.0. The lowest BCUT2D eigenvalue weighted by atomic mass is 10.1. The van der Waals surface area contributed by atoms with Gasteiger partial charge in [-0.2, -0.15) is 0 Å². The molecule has 2 aliphatic heterocycles. The van der Waals surface area contributed by atoms with E-state index in [-0.39, 0.29) is 13.4 Å². The summed E-state index contributed by atoms with van der Waals surface area (Å²) in [5, 5.41) is 9.58. The molecule has 0 spiro atoms. The van der Waals surface area contributed by atoms with Crippen LogP contribution in [0, 0.1) is 0 Å². The number of nitrogens with zero attached hydrogens (tertiary/aromatic N) is 2. The van der Waals surface area contributed by atoms with E-state index in [0.29, 0.717) is 11.8 Å². The molecule has 2 aliphatic rings. The Morgan fingerprint density at radius 2 is 1.97 bits per heavy atom. The number of hydrogen-bond donors (Lipinski definition) is 1. The molecular formula is C23H30N2O4. The Bertz CT molecular complexity index is 799. The van der Waals surface area contributed by atoms with E-state index in [4.69, 9.17) is 14.2 Å². The summed E-state index contributed by atoms with van der Waals surface area (Å²) in [5.41, 5.74) is 2.52. The van der Waals surface area contributed by atoms with E-state index in [9.17, 15) is 5.11 Å². The zero-order valence-corrected chi connectivity index (χ0v) is 17.0. The van der Waals surface area contributed by atoms with Crippen LogP contribution in [0.15, 0.2) is 42.5 Å². The molecule has 4 rings (SSSR count). The van der Waals surface area contributed by atoms with Crippen molar-refractivity contribution < 1.29 is 19.3 Å². The molecule has 0 aliphatic carbocycles. The van der Waals surface area contributed by atoms with Gasteiger partial charge in [-0.05, 0) is 36.1 Å². The predicted octanol–water partition coefficient (Wildman–Crippen LogP) is 2.54. The van der Waals surface area contributed by atoms with Gasteiger partial charge in [0.15, 0.2) is 11.5 Å². The van der Waals surface area contributed by atoms with Crippen molar-refractivity contribution in [2.75, 3.05) is 46.7 Å². The van der Waals surface area contributed by atoms with Gasteiger partial charge in [0.05, 0.1) is 7.11 Å². The first-order valence-corrected chi connectivity index (χ1v) is 10.3. The summed E-state index contributed by atoms with van der Waals surface area (Å²) in [6.07, 6.45) is 1.85. The van der Waals surface area contributed by atoms with Crippen molar-refractivity contribution in [3.63, 3.8) is 0 Å². The van der Waals surface area contributed by atoms with E-state index in [1.54, 1.807) is 7.11 Å². The van der Waals surface area contributed by atoms with Gasteiger partial charge in [0, 0.05) is 45.4 Å². The minimum Gasteiger partial charge on any atom is -0.493 e. The van der Waals surface area contributed by atoms with Gasteiger partial charge in [-0.3, -0.25) is 9.80 Å². The maximum Gasteiger partial charge on any atom is 0.231 e. The van der Waals surface area contributed by atoms with E-state index in [2.05, 4.69) is 40.1 Å². The van der Waals surface area contributed by atoms with Crippen molar-refractivity contribution in [1.82, 2.24) is 9.80 Å². The summed E-state index contributed by atoms with van der Waals surface area (Å²) in [4.78, 5) is 4.98. The molecule has 0 unspecified atom stereocenters. The van der Waals surface area contributed by atoms with Crippen LogP contribution < -0.4 is 14.2 Å². The molecule has 2 aromatic carbocycles. The van der Waals surface area contributed by atoms with Crippen molar-refractivity contribution >= 4 is 0 Å². The molecule has 2 aromatic rings. The molecule has 0 bridgehead atoms. The van der Waals surface area contributed by atoms with E-state index in [1.807, 2.05) is 12.1 Å². The van der Waals surface area contributed by atoms with E-state index < -0.39 is 0 Å². The number of fused-ring (bicyclic) bond motifs is 1. The van der Waals surface area contributed by atoms with Crippen LogP contribution in [-0.4, -0.2) is 67.6 Å². The van der Waals surface area contributed by atoms with Gasteiger partial charge in [0.2, 0.25) is 12.5 Å². The highest BCUT2D eigenvalue weighted by Crippen LogP contribution is 2.42. The van der Waals surface area contributed by atoms with Crippen molar-refractivity contribution in [1.29, 1.82) is 0 Å². The molecule has 2 heterocycles. The van der Waals surface area contributed by atoms with Crippen LogP contribution in [0.25, 0.3) is 0 Å². The van der Waals surface area contributed by atoms with Gasteiger partial charge < -0.3 is 19.3 Å². The number of aliphatic hydroxyl groups excluding tert-OH is 1. The minimum atomic E-state index is 0.220. The van der Waals surface area contributed by atoms with Gasteiger partial charge in [-0.25, -0.2) is 0 Å². The zero-order chi connectivity index (χ0) is 20.1. The molecule has 6 heteroatoms. The minimum absolute atomic E-state index is 0.220. The highest BCUT2D eigenvalue weighted by atomic mass is 16.7. The Hall–Kier alpha value is -2.28. The Kier molecular flexibility index (Phi) is 6.54. The first-order chi connectivity index (χ1) is 14.3. The second-order valence-corrected chi connectivity index (χ2v) is 7.70. The van der Waals surface area contributed by atoms with Crippen LogP contribution in [0.3, 0.4) is 0 Å². The third kappa shape index (κ3) is 4.83. The number of hydrogen-bond acceptors (Lipinski definition) is 6. The smallest absolute Gasteiger partial charge is 0.231 e. The third-order valence-electron chi connectivity index (χ3n) is 5.81. The molecule has 1 saturated heterocycles. The fourth-order valence-corrected chi connectivity index (χ4v) is 4.27. The normalized spacial score (nSPS) is 19.4. The molecule has 29 heavy (non-hydrogen) atoms. The summed E-state index contributed by atoms with van der Waals surface area (Å²) in [6.45, 7) is 5.30. The molecule has 0 saturated carbocycles. The first kappa shape index (κ1) is 20.0. The van der Waals surface area contributed by atoms with Crippen LogP contribution in [0.4, 0.5) is 0 Å². The predicted molar refractivity (Wildman–Crippen MR) is 112 cm³/mol. The van der Waals surface area contributed by atoms with Crippen LogP contribution in [0.1, 0.15) is 17.5 Å². The first-order valence-electron chi connectivity index (χ1n) is 10.3. The second-order valence-electron chi connectivity index (χ2n) is 7.70. The number of piperazine rings is 1. The topological polar surface area (TPSA) is 54.4 Å². The molecule has 1 atom stereocenters. The van der Waals surface area contributed by atoms with Gasteiger partial charge in [0.1, 0.15) is 0 Å². The highest BCUT2D eigenvalue weighted by Gasteiger charge is 2.27. The highest BCUT2D eigenvalue weighted by molar-refractivity contribution is 5.55. The Balaban J connectivity index is 1.38. The quantitative estimate of drug-likeness (QED) is 0.738. The van der Waals surface area contributed by atoms with Gasteiger partial charge in [0.25, 0.3) is 0 Å². The lowest BCUT2D eigenvalue weighted by molar-refractivity contribution is 0.0561. The van der Waals surface area contributed by atoms with Gasteiger partial charge in [-0.1, -0.05) is 30.3 Å². The maximum absolute atomic E-state index is 9.58. The number of benzene rings is 2. The Morgan fingerprint density at radius 1 is 1.10 bits per heavy atom. The third-order valence-corrected chi connectivity index (χ3v) is 5.81. The summed E-state index contributed by atoms with van der Waals surface area (Å²) in [6, 6.07) is 15.1.